The van der Waals surface area contributed by atoms with Gasteiger partial charge in [-0.15, -0.1) is 10.2 Å². The highest BCUT2D eigenvalue weighted by molar-refractivity contribution is 5.89. The minimum atomic E-state index is -0.981. The summed E-state index contributed by atoms with van der Waals surface area (Å²) >= 11 is 0. The Morgan fingerprint density at radius 3 is 2.45 bits per heavy atom. The quantitative estimate of drug-likeness (QED) is 0.393. The van der Waals surface area contributed by atoms with Gasteiger partial charge in [-0.1, -0.05) is 54.6 Å². The molecule has 5 aromatic rings. The van der Waals surface area contributed by atoms with Gasteiger partial charge in [0.05, 0.1) is 12.1 Å². The lowest BCUT2D eigenvalue weighted by atomic mass is 10.1. The van der Waals surface area contributed by atoms with Gasteiger partial charge in [-0.2, -0.15) is 4.80 Å². The van der Waals surface area contributed by atoms with Crippen LogP contribution in [0.5, 0.6) is 5.75 Å². The number of hydrogen-bond acceptors (Lipinski definition) is 5. The Bertz CT molecular complexity index is 1430. The highest BCUT2D eigenvalue weighted by Gasteiger charge is 2.12. The van der Waals surface area contributed by atoms with E-state index in [1.807, 2.05) is 36.4 Å². The van der Waals surface area contributed by atoms with Crippen LogP contribution in [0.2, 0.25) is 0 Å². The van der Waals surface area contributed by atoms with Crippen LogP contribution in [0.3, 0.4) is 0 Å². The Morgan fingerprint density at radius 2 is 1.64 bits per heavy atom. The molecule has 0 unspecified atom stereocenters. The molecule has 1 N–H and O–H groups in total. The number of carboxylic acids is 1. The number of rotatable bonds is 7. The summed E-state index contributed by atoms with van der Waals surface area (Å²) in [6, 6.07) is 28.8. The van der Waals surface area contributed by atoms with Crippen molar-refractivity contribution in [1.82, 2.24) is 20.2 Å². The highest BCUT2D eigenvalue weighted by atomic mass is 16.5. The number of fused-ring (bicyclic) bond motifs is 1. The van der Waals surface area contributed by atoms with E-state index < -0.39 is 5.97 Å². The number of carbonyl (C=O) groups is 1. The van der Waals surface area contributed by atoms with E-state index in [1.54, 1.807) is 24.3 Å². The fourth-order valence-corrected chi connectivity index (χ4v) is 3.64. The van der Waals surface area contributed by atoms with Crippen molar-refractivity contribution in [3.8, 4) is 17.1 Å². The predicted molar refractivity (Wildman–Crippen MR) is 124 cm³/mol. The van der Waals surface area contributed by atoms with Crippen LogP contribution in [0.1, 0.15) is 21.5 Å². The first-order valence-electron chi connectivity index (χ1n) is 10.5. The van der Waals surface area contributed by atoms with E-state index in [9.17, 15) is 9.90 Å². The zero-order valence-corrected chi connectivity index (χ0v) is 17.6. The van der Waals surface area contributed by atoms with Crippen molar-refractivity contribution < 1.29 is 14.6 Å². The van der Waals surface area contributed by atoms with Gasteiger partial charge in [-0.05, 0) is 63.5 Å². The minimum absolute atomic E-state index is 0.225. The number of aromatic carboxylic acids is 1. The monoisotopic (exact) mass is 436 g/mol. The number of nitrogens with zero attached hydrogens (tertiary/aromatic N) is 4. The zero-order valence-electron chi connectivity index (χ0n) is 17.6. The SMILES string of the molecule is O=C(O)c1ccccc1Cn1nnc(-c2ccc(OCc3ccc4ccccc4c3)cc2)n1. The molecule has 162 valence electrons. The lowest BCUT2D eigenvalue weighted by Gasteiger charge is -2.08. The number of hydrogen-bond donors (Lipinski definition) is 1. The van der Waals surface area contributed by atoms with E-state index in [0.717, 1.165) is 16.9 Å². The van der Waals surface area contributed by atoms with Gasteiger partial charge in [0.15, 0.2) is 0 Å². The normalized spacial score (nSPS) is 10.9. The van der Waals surface area contributed by atoms with E-state index in [2.05, 4.69) is 45.7 Å². The van der Waals surface area contributed by atoms with Gasteiger partial charge in [0, 0.05) is 5.56 Å². The average Bonchev–Trinajstić information content (AvgIpc) is 3.31. The van der Waals surface area contributed by atoms with Gasteiger partial charge in [-0.25, -0.2) is 4.79 Å². The van der Waals surface area contributed by atoms with E-state index in [-0.39, 0.29) is 12.1 Å². The summed E-state index contributed by atoms with van der Waals surface area (Å²) in [5, 5.41) is 24.3. The predicted octanol–water partition coefficient (Wildman–Crippen LogP) is 4.82. The molecule has 5 rings (SSSR count). The first-order valence-corrected chi connectivity index (χ1v) is 10.5. The third kappa shape index (κ3) is 4.57. The number of carboxylic acid groups (broad SMARTS) is 1. The molecule has 0 aliphatic carbocycles. The van der Waals surface area contributed by atoms with Crippen LogP contribution in [0, 0.1) is 0 Å². The summed E-state index contributed by atoms with van der Waals surface area (Å²) < 4.78 is 5.93. The standard InChI is InChI=1S/C26H20N4O3/c31-26(32)24-8-4-3-7-22(24)16-30-28-25(27-29-30)20-11-13-23(14-12-20)33-17-18-9-10-19-5-1-2-6-21(19)15-18/h1-15H,16-17H2,(H,31,32). The summed E-state index contributed by atoms with van der Waals surface area (Å²) in [5.74, 6) is 0.226. The van der Waals surface area contributed by atoms with Gasteiger partial charge < -0.3 is 9.84 Å². The molecule has 0 atom stereocenters. The van der Waals surface area contributed by atoms with Crippen molar-refractivity contribution in [2.45, 2.75) is 13.2 Å². The van der Waals surface area contributed by atoms with Crippen LogP contribution in [0.15, 0.2) is 91.0 Å². The lowest BCUT2D eigenvalue weighted by molar-refractivity contribution is 0.0695. The summed E-state index contributed by atoms with van der Waals surface area (Å²) in [7, 11) is 0. The molecular formula is C26H20N4O3. The van der Waals surface area contributed by atoms with Gasteiger partial charge in [-0.3, -0.25) is 0 Å². The molecule has 7 nitrogen and oxygen atoms in total. The van der Waals surface area contributed by atoms with Gasteiger partial charge in [0.2, 0.25) is 5.82 Å². The van der Waals surface area contributed by atoms with Crippen molar-refractivity contribution in [1.29, 1.82) is 0 Å². The Kier molecular flexibility index (Phi) is 5.51. The van der Waals surface area contributed by atoms with Gasteiger partial charge in [0.1, 0.15) is 12.4 Å². The van der Waals surface area contributed by atoms with Crippen molar-refractivity contribution in [3.05, 3.63) is 108 Å². The lowest BCUT2D eigenvalue weighted by Crippen LogP contribution is -2.09. The molecule has 0 saturated carbocycles. The molecule has 0 spiro atoms. The fraction of sp³-hybridized carbons (Fsp3) is 0.0769. The van der Waals surface area contributed by atoms with Gasteiger partial charge in [0.25, 0.3) is 0 Å². The first kappa shape index (κ1) is 20.4. The van der Waals surface area contributed by atoms with Crippen molar-refractivity contribution in [2.24, 2.45) is 0 Å². The van der Waals surface area contributed by atoms with Crippen molar-refractivity contribution in [2.75, 3.05) is 0 Å². The zero-order chi connectivity index (χ0) is 22.6. The number of tetrazole rings is 1. The third-order valence-electron chi connectivity index (χ3n) is 5.34. The molecule has 1 heterocycles. The Hall–Kier alpha value is -4.52. The topological polar surface area (TPSA) is 90.1 Å². The second-order valence-corrected chi connectivity index (χ2v) is 7.60. The maximum absolute atomic E-state index is 11.4. The molecule has 0 fully saturated rings. The molecule has 4 aromatic carbocycles. The summed E-state index contributed by atoms with van der Waals surface area (Å²) in [6.45, 7) is 0.698. The molecule has 7 heteroatoms. The molecule has 0 bridgehead atoms. The minimum Gasteiger partial charge on any atom is -0.489 e. The Morgan fingerprint density at radius 1 is 0.879 bits per heavy atom. The van der Waals surface area contributed by atoms with E-state index >= 15 is 0 Å². The van der Waals surface area contributed by atoms with E-state index in [0.29, 0.717) is 18.0 Å². The largest absolute Gasteiger partial charge is 0.489 e. The smallest absolute Gasteiger partial charge is 0.336 e. The van der Waals surface area contributed by atoms with Crippen molar-refractivity contribution in [3.63, 3.8) is 0 Å². The van der Waals surface area contributed by atoms with Gasteiger partial charge >= 0.3 is 5.97 Å². The number of benzene rings is 4. The van der Waals surface area contributed by atoms with Crippen LogP contribution in [-0.4, -0.2) is 31.3 Å². The van der Waals surface area contributed by atoms with Crippen LogP contribution >= 0.6 is 0 Å². The van der Waals surface area contributed by atoms with E-state index in [1.165, 1.54) is 15.6 Å². The molecule has 1 aromatic heterocycles. The Labute approximate surface area is 189 Å². The molecule has 0 aliphatic heterocycles. The first-order chi connectivity index (χ1) is 16.2. The molecule has 0 saturated heterocycles. The average molecular weight is 436 g/mol. The third-order valence-corrected chi connectivity index (χ3v) is 5.34. The molecular weight excluding hydrogens is 416 g/mol. The maximum Gasteiger partial charge on any atom is 0.336 e. The molecule has 0 aliphatic rings. The fourth-order valence-electron chi connectivity index (χ4n) is 3.64. The highest BCUT2D eigenvalue weighted by Crippen LogP contribution is 2.21. The summed E-state index contributed by atoms with van der Waals surface area (Å²) in [6.07, 6.45) is 0. The van der Waals surface area contributed by atoms with E-state index in [4.69, 9.17) is 4.74 Å². The second kappa shape index (κ2) is 8.92. The van der Waals surface area contributed by atoms with Crippen LogP contribution < -0.4 is 4.74 Å². The summed E-state index contributed by atoms with van der Waals surface area (Å²) in [5.41, 5.74) is 2.74. The van der Waals surface area contributed by atoms with Crippen LogP contribution in [-0.2, 0) is 13.2 Å². The van der Waals surface area contributed by atoms with Crippen molar-refractivity contribution >= 4 is 16.7 Å². The maximum atomic E-state index is 11.4. The van der Waals surface area contributed by atoms with Crippen LogP contribution in [0.4, 0.5) is 0 Å². The number of aromatic nitrogens is 4. The Balaban J connectivity index is 1.25. The second-order valence-electron chi connectivity index (χ2n) is 7.60. The molecule has 0 radical (unpaired) electrons. The molecule has 33 heavy (non-hydrogen) atoms. The molecule has 0 amide bonds. The summed E-state index contributed by atoms with van der Waals surface area (Å²) in [4.78, 5) is 12.8. The van der Waals surface area contributed by atoms with Crippen LogP contribution in [0.25, 0.3) is 22.2 Å². The number of ether oxygens (including phenoxy) is 1.